The molecule has 0 saturated carbocycles. The smallest absolute Gasteiger partial charge is 0.225 e. The minimum Gasteiger partial charge on any atom is -0.354 e. The fourth-order valence-corrected chi connectivity index (χ4v) is 1.86. The van der Waals surface area contributed by atoms with Crippen LogP contribution in [0, 0.1) is 11.8 Å². The Morgan fingerprint density at radius 2 is 2.06 bits per heavy atom. The number of nitrogens with one attached hydrogen (secondary N) is 2. The van der Waals surface area contributed by atoms with Crippen LogP contribution in [0.5, 0.6) is 0 Å². The van der Waals surface area contributed by atoms with Crippen molar-refractivity contribution in [2.24, 2.45) is 11.8 Å². The second-order valence-electron chi connectivity index (χ2n) is 5.35. The summed E-state index contributed by atoms with van der Waals surface area (Å²) in [6.07, 6.45) is 1.12. The molecule has 2 N–H and O–H groups in total. The molecule has 1 heterocycles. The van der Waals surface area contributed by atoms with E-state index < -0.39 is 0 Å². The lowest BCUT2D eigenvalue weighted by Crippen LogP contribution is -2.52. The summed E-state index contributed by atoms with van der Waals surface area (Å²) in [5.41, 5.74) is 0. The molecule has 0 spiro atoms. The molecule has 0 bridgehead atoms. The van der Waals surface area contributed by atoms with Gasteiger partial charge in [-0.25, -0.2) is 0 Å². The van der Waals surface area contributed by atoms with E-state index in [2.05, 4.69) is 43.5 Å². The first-order valence-electron chi connectivity index (χ1n) is 6.15. The van der Waals surface area contributed by atoms with Gasteiger partial charge in [0, 0.05) is 25.7 Å². The molecule has 1 aliphatic heterocycles. The molecule has 94 valence electrons. The first-order chi connectivity index (χ1) is 7.50. The Balaban J connectivity index is 2.28. The number of nitrogens with zero attached hydrogens (tertiary/aromatic N) is 1. The van der Waals surface area contributed by atoms with Crippen LogP contribution in [0.1, 0.15) is 20.3 Å². The van der Waals surface area contributed by atoms with Crippen molar-refractivity contribution >= 4 is 5.91 Å². The Hall–Kier alpha value is -0.610. The fourth-order valence-electron chi connectivity index (χ4n) is 1.86. The van der Waals surface area contributed by atoms with Crippen LogP contribution in [0.25, 0.3) is 0 Å². The molecule has 1 saturated heterocycles. The van der Waals surface area contributed by atoms with E-state index in [0.717, 1.165) is 26.1 Å². The quantitative estimate of drug-likeness (QED) is 0.686. The van der Waals surface area contributed by atoms with Crippen molar-refractivity contribution in [1.82, 2.24) is 15.5 Å². The number of amides is 1. The Labute approximate surface area is 98.8 Å². The van der Waals surface area contributed by atoms with Crippen molar-refractivity contribution < 1.29 is 4.79 Å². The normalized spacial score (nSPS) is 18.6. The minimum atomic E-state index is 0.196. The van der Waals surface area contributed by atoms with E-state index in [-0.39, 0.29) is 11.8 Å². The van der Waals surface area contributed by atoms with Crippen LogP contribution in [-0.2, 0) is 4.79 Å². The second kappa shape index (κ2) is 6.21. The van der Waals surface area contributed by atoms with Crippen molar-refractivity contribution in [3.8, 4) is 0 Å². The Kier molecular flexibility index (Phi) is 5.22. The number of hydrogen-bond acceptors (Lipinski definition) is 3. The number of hydrogen-bond donors (Lipinski definition) is 2. The van der Waals surface area contributed by atoms with Crippen molar-refractivity contribution in [1.29, 1.82) is 0 Å². The maximum Gasteiger partial charge on any atom is 0.225 e. The maximum atomic E-state index is 11.7. The number of rotatable bonds is 6. The standard InChI is InChI=1S/C12H25N3O/c1-9(2)5-11(15(3)4)8-14-12(16)10-6-13-7-10/h9-11,13H,5-8H2,1-4H3,(H,14,16). The lowest BCUT2D eigenvalue weighted by atomic mass is 10.0. The van der Waals surface area contributed by atoms with Crippen molar-refractivity contribution in [3.05, 3.63) is 0 Å². The molecule has 0 aromatic heterocycles. The fraction of sp³-hybridized carbons (Fsp3) is 0.917. The van der Waals surface area contributed by atoms with Gasteiger partial charge >= 0.3 is 0 Å². The largest absolute Gasteiger partial charge is 0.354 e. The van der Waals surface area contributed by atoms with Crippen molar-refractivity contribution in [2.45, 2.75) is 26.3 Å². The molecule has 1 atom stereocenters. The van der Waals surface area contributed by atoms with Gasteiger partial charge in [0.2, 0.25) is 5.91 Å². The van der Waals surface area contributed by atoms with Crippen LogP contribution in [0.3, 0.4) is 0 Å². The summed E-state index contributed by atoms with van der Waals surface area (Å²) >= 11 is 0. The minimum absolute atomic E-state index is 0.196. The molecule has 0 aromatic carbocycles. The summed E-state index contributed by atoms with van der Waals surface area (Å²) < 4.78 is 0. The number of likely N-dealkylation sites (N-methyl/N-ethyl adjacent to an activating group) is 1. The van der Waals surface area contributed by atoms with E-state index in [0.29, 0.717) is 12.0 Å². The third-order valence-corrected chi connectivity index (χ3v) is 3.14. The van der Waals surface area contributed by atoms with E-state index >= 15 is 0 Å². The van der Waals surface area contributed by atoms with Crippen molar-refractivity contribution in [3.63, 3.8) is 0 Å². The molecule has 1 unspecified atom stereocenters. The highest BCUT2D eigenvalue weighted by atomic mass is 16.2. The van der Waals surface area contributed by atoms with Gasteiger partial charge in [-0.3, -0.25) is 4.79 Å². The van der Waals surface area contributed by atoms with E-state index in [1.54, 1.807) is 0 Å². The molecule has 1 aliphatic rings. The molecule has 1 amide bonds. The van der Waals surface area contributed by atoms with Crippen LogP contribution in [0.4, 0.5) is 0 Å². The highest BCUT2D eigenvalue weighted by molar-refractivity contribution is 5.80. The second-order valence-corrected chi connectivity index (χ2v) is 5.35. The molecular weight excluding hydrogens is 202 g/mol. The van der Waals surface area contributed by atoms with Gasteiger partial charge in [-0.15, -0.1) is 0 Å². The first-order valence-corrected chi connectivity index (χ1v) is 6.15. The molecular formula is C12H25N3O. The van der Waals surface area contributed by atoms with Gasteiger partial charge in [0.1, 0.15) is 0 Å². The zero-order valence-electron chi connectivity index (χ0n) is 10.9. The van der Waals surface area contributed by atoms with Gasteiger partial charge in [0.15, 0.2) is 0 Å². The summed E-state index contributed by atoms with van der Waals surface area (Å²) in [5.74, 6) is 1.06. The predicted molar refractivity (Wildman–Crippen MR) is 66.3 cm³/mol. The third kappa shape index (κ3) is 4.10. The summed E-state index contributed by atoms with van der Waals surface area (Å²) in [7, 11) is 4.15. The van der Waals surface area contributed by atoms with Gasteiger partial charge in [0.25, 0.3) is 0 Å². The molecule has 4 nitrogen and oxygen atoms in total. The zero-order valence-corrected chi connectivity index (χ0v) is 10.9. The Morgan fingerprint density at radius 1 is 1.44 bits per heavy atom. The Bertz CT molecular complexity index is 224. The lowest BCUT2D eigenvalue weighted by molar-refractivity contribution is -0.126. The van der Waals surface area contributed by atoms with E-state index in [1.165, 1.54) is 0 Å². The highest BCUT2D eigenvalue weighted by Gasteiger charge is 2.25. The monoisotopic (exact) mass is 227 g/mol. The van der Waals surface area contributed by atoms with E-state index in [9.17, 15) is 4.79 Å². The highest BCUT2D eigenvalue weighted by Crippen LogP contribution is 2.09. The van der Waals surface area contributed by atoms with Gasteiger partial charge in [-0.1, -0.05) is 13.8 Å². The van der Waals surface area contributed by atoms with Gasteiger partial charge in [-0.2, -0.15) is 0 Å². The van der Waals surface area contributed by atoms with Gasteiger partial charge in [0.05, 0.1) is 5.92 Å². The molecule has 0 aliphatic carbocycles. The van der Waals surface area contributed by atoms with E-state index in [1.807, 2.05) is 0 Å². The summed E-state index contributed by atoms with van der Waals surface area (Å²) in [4.78, 5) is 13.9. The predicted octanol–water partition coefficient (Wildman–Crippen LogP) is 0.298. The van der Waals surface area contributed by atoms with Crippen LogP contribution >= 0.6 is 0 Å². The van der Waals surface area contributed by atoms with Crippen molar-refractivity contribution in [2.75, 3.05) is 33.7 Å². The molecule has 0 aromatic rings. The van der Waals surface area contributed by atoms with E-state index in [4.69, 9.17) is 0 Å². The van der Waals surface area contributed by atoms with Crippen LogP contribution in [0.2, 0.25) is 0 Å². The molecule has 1 rings (SSSR count). The summed E-state index contributed by atoms with van der Waals surface area (Å²) in [5, 5.41) is 6.16. The lowest BCUT2D eigenvalue weighted by Gasteiger charge is -2.29. The van der Waals surface area contributed by atoms with Gasteiger partial charge in [-0.05, 0) is 26.4 Å². The topological polar surface area (TPSA) is 44.4 Å². The molecule has 0 radical (unpaired) electrons. The number of carbonyl (C=O) groups excluding carboxylic acids is 1. The van der Waals surface area contributed by atoms with Crippen LogP contribution < -0.4 is 10.6 Å². The third-order valence-electron chi connectivity index (χ3n) is 3.14. The number of carbonyl (C=O) groups is 1. The zero-order chi connectivity index (χ0) is 12.1. The average molecular weight is 227 g/mol. The van der Waals surface area contributed by atoms with Gasteiger partial charge < -0.3 is 15.5 Å². The van der Waals surface area contributed by atoms with Crippen LogP contribution in [-0.4, -0.2) is 50.6 Å². The maximum absolute atomic E-state index is 11.7. The average Bonchev–Trinajstić information content (AvgIpc) is 2.08. The van der Waals surface area contributed by atoms with Crippen LogP contribution in [0.15, 0.2) is 0 Å². The molecule has 1 fully saturated rings. The summed E-state index contributed by atoms with van der Waals surface area (Å²) in [6, 6.07) is 0.442. The Morgan fingerprint density at radius 3 is 2.44 bits per heavy atom. The summed E-state index contributed by atoms with van der Waals surface area (Å²) in [6.45, 7) is 6.87. The first kappa shape index (κ1) is 13.5. The SMILES string of the molecule is CC(C)CC(CNC(=O)C1CNC1)N(C)C. The molecule has 16 heavy (non-hydrogen) atoms. The molecule has 4 heteroatoms.